The van der Waals surface area contributed by atoms with Gasteiger partial charge in [-0.25, -0.2) is 4.57 Å². The molecule has 2 heterocycles. The topological polar surface area (TPSA) is 13.1 Å². The summed E-state index contributed by atoms with van der Waals surface area (Å²) in [6.07, 6.45) is 2.18. The highest BCUT2D eigenvalue weighted by Gasteiger charge is 2.31. The number of nitrogens with zero attached hydrogens (tertiary/aromatic N) is 1. The zero-order valence-corrected chi connectivity index (χ0v) is 19.7. The van der Waals surface area contributed by atoms with E-state index in [1.165, 1.54) is 54.3 Å². The molecule has 3 heteroatoms. The number of ether oxygens (including phenoxy) is 1. The van der Waals surface area contributed by atoms with E-state index in [1.807, 2.05) is 0 Å². The quantitative estimate of drug-likeness (QED) is 0.166. The molecule has 1 aliphatic rings. The lowest BCUT2D eigenvalue weighted by Crippen LogP contribution is -2.37. The van der Waals surface area contributed by atoms with Crippen LogP contribution in [-0.2, 0) is 7.05 Å². The molecule has 0 fully saturated rings. The normalized spacial score (nSPS) is 12.9. The molecule has 0 amide bonds. The molecule has 0 unspecified atom stereocenters. The van der Waals surface area contributed by atoms with Crippen LogP contribution >= 0.6 is 0 Å². The maximum absolute atomic E-state index is 6.73. The van der Waals surface area contributed by atoms with Gasteiger partial charge in [-0.1, -0.05) is 67.3 Å². The van der Waals surface area contributed by atoms with E-state index in [2.05, 4.69) is 105 Å². The summed E-state index contributed by atoms with van der Waals surface area (Å²) in [7, 11) is 0.748. The second kappa shape index (κ2) is 6.18. The monoisotopic (exact) mass is 420 g/mol. The molecule has 4 aromatic carbocycles. The molecule has 0 atom stereocenters. The maximum atomic E-state index is 6.73. The van der Waals surface area contributed by atoms with Crippen molar-refractivity contribution in [3.63, 3.8) is 0 Å². The Bertz CT molecular complexity index is 1560. The largest absolute Gasteiger partial charge is 0.455 e. The summed E-state index contributed by atoms with van der Waals surface area (Å²) in [5.41, 5.74) is 3.72. The van der Waals surface area contributed by atoms with E-state index in [0.29, 0.717) is 0 Å². The molecular formula is C28H26NOSi+. The van der Waals surface area contributed by atoms with Crippen molar-refractivity contribution in [2.24, 2.45) is 7.05 Å². The summed E-state index contributed by atoms with van der Waals surface area (Å²) < 4.78 is 8.98. The fourth-order valence-electron chi connectivity index (χ4n) is 5.07. The van der Waals surface area contributed by atoms with Crippen LogP contribution in [-0.4, -0.2) is 8.07 Å². The fraction of sp³-hybridized carbons (Fsp3) is 0.179. The van der Waals surface area contributed by atoms with E-state index in [0.717, 1.165) is 11.5 Å². The molecule has 0 N–H and O–H groups in total. The lowest BCUT2D eigenvalue weighted by molar-refractivity contribution is -0.659. The molecular weight excluding hydrogens is 394 g/mol. The van der Waals surface area contributed by atoms with E-state index < -0.39 is 8.07 Å². The Balaban J connectivity index is 1.77. The molecule has 1 aliphatic heterocycles. The molecule has 0 radical (unpaired) electrons. The van der Waals surface area contributed by atoms with Gasteiger partial charge in [0.25, 0.3) is 0 Å². The standard InChI is InChI=1S/C28H26NOSi/c1-17-22-9-7-6-8-18(22)16-24-25(17)27-26-19(12-13-29(27)2)14-20-15-21(31(3,4)5)10-11-23(20)28(26)30-24/h6-16H,1-5H3/q+1. The van der Waals surface area contributed by atoms with Crippen molar-refractivity contribution in [1.29, 1.82) is 0 Å². The Kier molecular flexibility index (Phi) is 3.70. The third-order valence-electron chi connectivity index (χ3n) is 6.78. The van der Waals surface area contributed by atoms with E-state index in [9.17, 15) is 0 Å². The van der Waals surface area contributed by atoms with Gasteiger partial charge in [0.05, 0.1) is 19.0 Å². The highest BCUT2D eigenvalue weighted by atomic mass is 28.3. The van der Waals surface area contributed by atoms with Crippen molar-refractivity contribution >= 4 is 45.6 Å². The third kappa shape index (κ3) is 2.59. The van der Waals surface area contributed by atoms with Gasteiger partial charge < -0.3 is 4.74 Å². The van der Waals surface area contributed by atoms with Gasteiger partial charge in [-0.15, -0.1) is 0 Å². The van der Waals surface area contributed by atoms with Gasteiger partial charge in [0.2, 0.25) is 5.69 Å². The number of aromatic nitrogens is 1. The first-order valence-corrected chi connectivity index (χ1v) is 14.4. The zero-order chi connectivity index (χ0) is 21.5. The Hall–Kier alpha value is -3.17. The summed E-state index contributed by atoms with van der Waals surface area (Å²) in [6, 6.07) is 22.3. The molecule has 0 spiro atoms. The first-order chi connectivity index (χ1) is 14.8. The number of rotatable bonds is 1. The Morgan fingerprint density at radius 3 is 2.42 bits per heavy atom. The van der Waals surface area contributed by atoms with Gasteiger partial charge in [-0.3, -0.25) is 0 Å². The average Bonchev–Trinajstić information content (AvgIpc) is 2.74. The smallest absolute Gasteiger partial charge is 0.228 e. The van der Waals surface area contributed by atoms with Crippen LogP contribution in [0.4, 0.5) is 0 Å². The molecule has 1 aromatic heterocycles. The van der Waals surface area contributed by atoms with Crippen LogP contribution in [0.5, 0.6) is 11.5 Å². The SMILES string of the molecule is Cc1c2c(cc3ccccc13)Oc1c3ccc([Si](C)(C)C)cc3cc3cc[n+](C)c-2c13. The predicted octanol–water partition coefficient (Wildman–Crippen LogP) is 6.60. The highest BCUT2D eigenvalue weighted by molar-refractivity contribution is 6.88. The summed E-state index contributed by atoms with van der Waals surface area (Å²) >= 11 is 0. The number of aryl methyl sites for hydroxylation is 2. The van der Waals surface area contributed by atoms with Gasteiger partial charge in [0.1, 0.15) is 18.5 Å². The van der Waals surface area contributed by atoms with E-state index >= 15 is 0 Å². The minimum Gasteiger partial charge on any atom is -0.455 e. The Morgan fingerprint density at radius 1 is 0.806 bits per heavy atom. The lowest BCUT2D eigenvalue weighted by Gasteiger charge is -2.24. The molecule has 152 valence electrons. The van der Waals surface area contributed by atoms with E-state index in [4.69, 9.17) is 4.74 Å². The van der Waals surface area contributed by atoms with Crippen molar-refractivity contribution in [3.05, 3.63) is 72.4 Å². The summed E-state index contributed by atoms with van der Waals surface area (Å²) in [4.78, 5) is 0. The van der Waals surface area contributed by atoms with Crippen molar-refractivity contribution in [2.45, 2.75) is 26.6 Å². The van der Waals surface area contributed by atoms with Crippen LogP contribution in [0.25, 0.3) is 43.6 Å². The Morgan fingerprint density at radius 2 is 1.61 bits per heavy atom. The number of benzene rings is 4. The second-order valence-corrected chi connectivity index (χ2v) is 14.9. The predicted molar refractivity (Wildman–Crippen MR) is 133 cm³/mol. The second-order valence-electron chi connectivity index (χ2n) is 9.83. The number of hydrogen-bond acceptors (Lipinski definition) is 1. The molecule has 31 heavy (non-hydrogen) atoms. The first-order valence-electron chi connectivity index (χ1n) is 10.9. The number of fused-ring (bicyclic) bond motifs is 5. The van der Waals surface area contributed by atoms with E-state index in [1.54, 1.807) is 0 Å². The third-order valence-corrected chi connectivity index (χ3v) is 8.82. The molecule has 0 aliphatic carbocycles. The summed E-state index contributed by atoms with van der Waals surface area (Å²) in [6.45, 7) is 9.42. The fourth-order valence-corrected chi connectivity index (χ4v) is 6.24. The van der Waals surface area contributed by atoms with Crippen LogP contribution < -0.4 is 14.5 Å². The molecule has 0 saturated carbocycles. The Labute approximate surface area is 183 Å². The average molecular weight is 421 g/mol. The molecule has 5 aromatic rings. The summed E-state index contributed by atoms with van der Waals surface area (Å²) in [5, 5.41) is 8.89. The van der Waals surface area contributed by atoms with Crippen molar-refractivity contribution < 1.29 is 9.30 Å². The molecule has 6 rings (SSSR count). The summed E-state index contributed by atoms with van der Waals surface area (Å²) in [5.74, 6) is 1.94. The van der Waals surface area contributed by atoms with Crippen LogP contribution in [0.2, 0.25) is 19.6 Å². The first kappa shape index (κ1) is 18.6. The van der Waals surface area contributed by atoms with Gasteiger partial charge >= 0.3 is 0 Å². The molecule has 2 nitrogen and oxygen atoms in total. The van der Waals surface area contributed by atoms with Crippen molar-refractivity contribution in [3.8, 4) is 22.8 Å². The van der Waals surface area contributed by atoms with Crippen molar-refractivity contribution in [2.75, 3.05) is 0 Å². The van der Waals surface area contributed by atoms with E-state index in [-0.39, 0.29) is 0 Å². The van der Waals surface area contributed by atoms with Gasteiger partial charge in [0.15, 0.2) is 6.20 Å². The van der Waals surface area contributed by atoms with Crippen LogP contribution in [0.1, 0.15) is 5.56 Å². The number of hydrogen-bond donors (Lipinski definition) is 0. The minimum absolute atomic E-state index is 0.952. The van der Waals surface area contributed by atoms with Gasteiger partial charge in [-0.2, -0.15) is 0 Å². The van der Waals surface area contributed by atoms with Crippen LogP contribution in [0.3, 0.4) is 0 Å². The lowest BCUT2D eigenvalue weighted by atomic mass is 9.90. The van der Waals surface area contributed by atoms with Crippen LogP contribution in [0, 0.1) is 6.92 Å². The molecule has 0 bridgehead atoms. The zero-order valence-electron chi connectivity index (χ0n) is 18.7. The highest BCUT2D eigenvalue weighted by Crippen LogP contribution is 2.50. The maximum Gasteiger partial charge on any atom is 0.228 e. The van der Waals surface area contributed by atoms with Gasteiger partial charge in [0, 0.05) is 11.5 Å². The van der Waals surface area contributed by atoms with Crippen LogP contribution in [0.15, 0.2) is 66.9 Å². The number of pyridine rings is 1. The molecule has 0 saturated heterocycles. The van der Waals surface area contributed by atoms with Gasteiger partial charge in [-0.05, 0) is 46.2 Å². The van der Waals surface area contributed by atoms with Crippen molar-refractivity contribution in [1.82, 2.24) is 0 Å². The minimum atomic E-state index is -1.39.